The van der Waals surface area contributed by atoms with Crippen LogP contribution in [0.2, 0.25) is 0 Å². The highest BCUT2D eigenvalue weighted by Gasteiger charge is 2.29. The number of nitrogens with one attached hydrogen (secondary N) is 1. The number of carboxylic acids is 1. The molecule has 26 heavy (non-hydrogen) atoms. The Kier molecular flexibility index (Phi) is 4.84. The SMILES string of the molecule is COc1ccc(CNC(=O)[C@H]2Cc3cc(C)c(C)cc3O2)cc1C(=O)O. The summed E-state index contributed by atoms with van der Waals surface area (Å²) in [5, 5.41) is 12.0. The van der Waals surface area contributed by atoms with Crippen molar-refractivity contribution in [3.8, 4) is 11.5 Å². The molecular formula is C20H21NO5. The summed E-state index contributed by atoms with van der Waals surface area (Å²) >= 11 is 0. The summed E-state index contributed by atoms with van der Waals surface area (Å²) < 4.78 is 10.8. The van der Waals surface area contributed by atoms with Crippen LogP contribution < -0.4 is 14.8 Å². The van der Waals surface area contributed by atoms with Crippen LogP contribution in [-0.4, -0.2) is 30.2 Å². The van der Waals surface area contributed by atoms with Gasteiger partial charge in [-0.25, -0.2) is 4.79 Å². The first kappa shape index (κ1) is 17.8. The number of benzene rings is 2. The molecule has 1 atom stereocenters. The molecular weight excluding hydrogens is 334 g/mol. The monoisotopic (exact) mass is 355 g/mol. The van der Waals surface area contributed by atoms with Gasteiger partial charge >= 0.3 is 5.97 Å². The number of rotatable bonds is 5. The second kappa shape index (κ2) is 7.07. The van der Waals surface area contributed by atoms with Crippen LogP contribution in [-0.2, 0) is 17.8 Å². The molecule has 0 unspecified atom stereocenters. The Labute approximate surface area is 151 Å². The fourth-order valence-corrected chi connectivity index (χ4v) is 2.99. The van der Waals surface area contributed by atoms with E-state index < -0.39 is 12.1 Å². The van der Waals surface area contributed by atoms with Crippen molar-refractivity contribution in [2.75, 3.05) is 7.11 Å². The van der Waals surface area contributed by atoms with Crippen molar-refractivity contribution >= 4 is 11.9 Å². The van der Waals surface area contributed by atoms with Gasteiger partial charge in [0, 0.05) is 13.0 Å². The maximum absolute atomic E-state index is 12.4. The molecule has 0 bridgehead atoms. The lowest BCUT2D eigenvalue weighted by atomic mass is 10.0. The van der Waals surface area contributed by atoms with Crippen LogP contribution in [0, 0.1) is 13.8 Å². The lowest BCUT2D eigenvalue weighted by molar-refractivity contribution is -0.127. The molecule has 0 aliphatic carbocycles. The largest absolute Gasteiger partial charge is 0.496 e. The molecule has 0 spiro atoms. The zero-order valence-corrected chi connectivity index (χ0v) is 15.0. The van der Waals surface area contributed by atoms with E-state index in [1.807, 2.05) is 19.9 Å². The highest BCUT2D eigenvalue weighted by atomic mass is 16.5. The van der Waals surface area contributed by atoms with Crippen LogP contribution in [0.25, 0.3) is 0 Å². The minimum absolute atomic E-state index is 0.0646. The van der Waals surface area contributed by atoms with Crippen LogP contribution >= 0.6 is 0 Å². The number of fused-ring (bicyclic) bond motifs is 1. The summed E-state index contributed by atoms with van der Waals surface area (Å²) in [6, 6.07) is 8.82. The number of methoxy groups -OCH3 is 1. The highest BCUT2D eigenvalue weighted by molar-refractivity contribution is 5.91. The van der Waals surface area contributed by atoms with Crippen LogP contribution in [0.4, 0.5) is 0 Å². The zero-order chi connectivity index (χ0) is 18.8. The van der Waals surface area contributed by atoms with Gasteiger partial charge in [0.25, 0.3) is 5.91 Å². The third-order valence-corrected chi connectivity index (χ3v) is 4.60. The molecule has 0 aromatic heterocycles. The van der Waals surface area contributed by atoms with Gasteiger partial charge in [0.2, 0.25) is 0 Å². The predicted octanol–water partition coefficient (Wildman–Crippen LogP) is 2.63. The van der Waals surface area contributed by atoms with E-state index in [2.05, 4.69) is 11.4 Å². The molecule has 0 radical (unpaired) electrons. The second-order valence-electron chi connectivity index (χ2n) is 6.41. The number of aromatic carboxylic acids is 1. The molecule has 1 heterocycles. The summed E-state index contributed by atoms with van der Waals surface area (Å²) in [6.07, 6.45) is -0.0333. The fraction of sp³-hybridized carbons (Fsp3) is 0.300. The first-order chi connectivity index (χ1) is 12.4. The lowest BCUT2D eigenvalue weighted by Gasteiger charge is -2.12. The summed E-state index contributed by atoms with van der Waals surface area (Å²) in [6.45, 7) is 4.26. The van der Waals surface area contributed by atoms with E-state index in [-0.39, 0.29) is 23.8 Å². The average molecular weight is 355 g/mol. The smallest absolute Gasteiger partial charge is 0.339 e. The Hall–Kier alpha value is -3.02. The molecule has 1 aliphatic heterocycles. The van der Waals surface area contributed by atoms with E-state index >= 15 is 0 Å². The second-order valence-corrected chi connectivity index (χ2v) is 6.41. The number of ether oxygens (including phenoxy) is 2. The van der Waals surface area contributed by atoms with E-state index in [1.54, 1.807) is 12.1 Å². The number of carboxylic acid groups (broad SMARTS) is 1. The maximum atomic E-state index is 12.4. The first-order valence-electron chi connectivity index (χ1n) is 8.33. The van der Waals surface area contributed by atoms with Gasteiger partial charge in [-0.05, 0) is 54.3 Å². The summed E-state index contributed by atoms with van der Waals surface area (Å²) in [7, 11) is 1.42. The van der Waals surface area contributed by atoms with Crippen LogP contribution in [0.15, 0.2) is 30.3 Å². The molecule has 2 aromatic rings. The number of aryl methyl sites for hydroxylation is 2. The van der Waals surface area contributed by atoms with Gasteiger partial charge < -0.3 is 19.9 Å². The van der Waals surface area contributed by atoms with Crippen molar-refractivity contribution < 1.29 is 24.2 Å². The molecule has 2 aromatic carbocycles. The highest BCUT2D eigenvalue weighted by Crippen LogP contribution is 2.31. The molecule has 136 valence electrons. The molecule has 0 saturated carbocycles. The molecule has 6 nitrogen and oxygen atoms in total. The van der Waals surface area contributed by atoms with Crippen molar-refractivity contribution in [3.05, 3.63) is 58.1 Å². The Bertz CT molecular complexity index is 844. The fourth-order valence-electron chi connectivity index (χ4n) is 2.99. The minimum atomic E-state index is -1.07. The summed E-state index contributed by atoms with van der Waals surface area (Å²) in [5.41, 5.74) is 4.08. The quantitative estimate of drug-likeness (QED) is 0.861. The number of carbonyl (C=O) groups is 2. The predicted molar refractivity (Wildman–Crippen MR) is 95.8 cm³/mol. The normalized spacial score (nSPS) is 15.1. The topological polar surface area (TPSA) is 84.9 Å². The van der Waals surface area contributed by atoms with Crippen molar-refractivity contribution in [1.82, 2.24) is 5.32 Å². The first-order valence-corrected chi connectivity index (χ1v) is 8.33. The van der Waals surface area contributed by atoms with Gasteiger partial charge in [-0.3, -0.25) is 4.79 Å². The van der Waals surface area contributed by atoms with E-state index in [0.717, 1.165) is 16.9 Å². The number of hydrogen-bond donors (Lipinski definition) is 2. The molecule has 3 rings (SSSR count). The van der Waals surface area contributed by atoms with Gasteiger partial charge in [0.1, 0.15) is 17.1 Å². The number of carbonyl (C=O) groups excluding carboxylic acids is 1. The Morgan fingerprint density at radius 1 is 1.23 bits per heavy atom. The number of amides is 1. The van der Waals surface area contributed by atoms with E-state index in [1.165, 1.54) is 18.7 Å². The third-order valence-electron chi connectivity index (χ3n) is 4.60. The lowest BCUT2D eigenvalue weighted by Crippen LogP contribution is -2.37. The number of hydrogen-bond acceptors (Lipinski definition) is 4. The Balaban J connectivity index is 1.65. The molecule has 2 N–H and O–H groups in total. The molecule has 0 fully saturated rings. The average Bonchev–Trinajstić information content (AvgIpc) is 3.02. The van der Waals surface area contributed by atoms with Crippen molar-refractivity contribution in [2.24, 2.45) is 0 Å². The zero-order valence-electron chi connectivity index (χ0n) is 15.0. The van der Waals surface area contributed by atoms with Gasteiger partial charge in [-0.15, -0.1) is 0 Å². The molecule has 6 heteroatoms. The van der Waals surface area contributed by atoms with Crippen molar-refractivity contribution in [1.29, 1.82) is 0 Å². The van der Waals surface area contributed by atoms with Crippen molar-refractivity contribution in [3.63, 3.8) is 0 Å². The van der Waals surface area contributed by atoms with Gasteiger partial charge in [0.05, 0.1) is 7.11 Å². The van der Waals surface area contributed by atoms with Crippen LogP contribution in [0.1, 0.15) is 32.6 Å². The van der Waals surface area contributed by atoms with E-state index in [9.17, 15) is 14.7 Å². The van der Waals surface area contributed by atoms with E-state index in [4.69, 9.17) is 9.47 Å². The van der Waals surface area contributed by atoms with E-state index in [0.29, 0.717) is 12.0 Å². The van der Waals surface area contributed by atoms with Crippen molar-refractivity contribution in [2.45, 2.75) is 32.9 Å². The standard InChI is InChI=1S/C20H21NO5/c1-11-6-14-9-18(26-17(14)7-12(11)2)19(22)21-10-13-4-5-16(25-3)15(8-13)20(23)24/h4-8,18H,9-10H2,1-3H3,(H,21,22)(H,23,24)/t18-/m1/s1. The maximum Gasteiger partial charge on any atom is 0.339 e. The third kappa shape index (κ3) is 3.49. The van der Waals surface area contributed by atoms with Gasteiger partial charge in [0.15, 0.2) is 6.10 Å². The molecule has 0 saturated heterocycles. The van der Waals surface area contributed by atoms with Crippen LogP contribution in [0.5, 0.6) is 11.5 Å². The van der Waals surface area contributed by atoms with Crippen LogP contribution in [0.3, 0.4) is 0 Å². The van der Waals surface area contributed by atoms with Gasteiger partial charge in [-0.2, -0.15) is 0 Å². The van der Waals surface area contributed by atoms with Gasteiger partial charge in [-0.1, -0.05) is 12.1 Å². The minimum Gasteiger partial charge on any atom is -0.496 e. The molecule has 1 amide bonds. The summed E-state index contributed by atoms with van der Waals surface area (Å²) in [4.78, 5) is 23.7. The summed E-state index contributed by atoms with van der Waals surface area (Å²) in [5.74, 6) is -0.252. The Morgan fingerprint density at radius 2 is 1.96 bits per heavy atom. The Morgan fingerprint density at radius 3 is 2.65 bits per heavy atom. The molecule has 1 aliphatic rings.